The van der Waals surface area contributed by atoms with Gasteiger partial charge >= 0.3 is 0 Å². The maximum atomic E-state index is 13.1. The first-order valence-corrected chi connectivity index (χ1v) is 9.26. The van der Waals surface area contributed by atoms with Gasteiger partial charge < -0.3 is 14.6 Å². The number of nitrogens with zero attached hydrogens (tertiary/aromatic N) is 1. The Morgan fingerprint density at radius 1 is 1.00 bits per heavy atom. The van der Waals surface area contributed by atoms with E-state index in [1.807, 2.05) is 48.5 Å². The molecule has 1 aromatic heterocycles. The highest BCUT2D eigenvalue weighted by atomic mass is 16.3. The molecule has 5 nitrogen and oxygen atoms in total. The fourth-order valence-corrected chi connectivity index (χ4v) is 3.85. The largest absolute Gasteiger partial charge is 0.464 e. The molecule has 28 heavy (non-hydrogen) atoms. The van der Waals surface area contributed by atoms with Crippen LogP contribution in [-0.2, 0) is 4.79 Å². The predicted octanol–water partition coefficient (Wildman–Crippen LogP) is 3.83. The number of amides is 2. The van der Waals surface area contributed by atoms with E-state index in [1.54, 1.807) is 11.2 Å². The number of fused-ring (bicyclic) bond motifs is 2. The zero-order valence-electron chi connectivity index (χ0n) is 15.1. The molecule has 0 saturated carbocycles. The van der Waals surface area contributed by atoms with E-state index >= 15 is 0 Å². The predicted molar refractivity (Wildman–Crippen MR) is 108 cm³/mol. The van der Waals surface area contributed by atoms with Crippen LogP contribution in [0.4, 0.5) is 0 Å². The first kappa shape index (κ1) is 16.6. The van der Waals surface area contributed by atoms with E-state index < -0.39 is 0 Å². The lowest BCUT2D eigenvalue weighted by Crippen LogP contribution is -2.50. The van der Waals surface area contributed by atoms with Gasteiger partial charge in [-0.05, 0) is 40.1 Å². The average Bonchev–Trinajstić information content (AvgIpc) is 3.20. The molecule has 0 unspecified atom stereocenters. The minimum Gasteiger partial charge on any atom is -0.464 e. The van der Waals surface area contributed by atoms with Crippen molar-refractivity contribution in [2.24, 2.45) is 0 Å². The summed E-state index contributed by atoms with van der Waals surface area (Å²) in [6.07, 6.45) is 1.68. The lowest BCUT2D eigenvalue weighted by Gasteiger charge is -2.27. The molecule has 0 spiro atoms. The Bertz CT molecular complexity index is 1220. The van der Waals surface area contributed by atoms with Crippen LogP contribution in [0.5, 0.6) is 0 Å². The Labute approximate surface area is 161 Å². The van der Waals surface area contributed by atoms with Crippen LogP contribution >= 0.6 is 0 Å². The van der Waals surface area contributed by atoms with Gasteiger partial charge in [-0.25, -0.2) is 0 Å². The third-order valence-corrected chi connectivity index (χ3v) is 5.25. The minimum absolute atomic E-state index is 0.101. The molecule has 5 heteroatoms. The van der Waals surface area contributed by atoms with Gasteiger partial charge in [-0.1, -0.05) is 42.5 Å². The number of hydrogen-bond donors (Lipinski definition) is 1. The number of benzene rings is 3. The molecule has 0 radical (unpaired) electrons. The van der Waals surface area contributed by atoms with Crippen molar-refractivity contribution in [1.82, 2.24) is 10.2 Å². The second-order valence-electron chi connectivity index (χ2n) is 6.96. The molecular formula is C23H18N2O3. The Morgan fingerprint density at radius 3 is 2.75 bits per heavy atom. The van der Waals surface area contributed by atoms with Crippen molar-refractivity contribution >= 4 is 33.6 Å². The number of nitrogens with one attached hydrogen (secondary N) is 1. The first-order chi connectivity index (χ1) is 13.7. The van der Waals surface area contributed by atoms with Crippen LogP contribution in [-0.4, -0.2) is 36.3 Å². The van der Waals surface area contributed by atoms with E-state index in [2.05, 4.69) is 17.4 Å². The summed E-state index contributed by atoms with van der Waals surface area (Å²) in [6.45, 7) is 1.11. The molecule has 0 atom stereocenters. The van der Waals surface area contributed by atoms with Gasteiger partial charge in [-0.15, -0.1) is 0 Å². The number of rotatable bonds is 2. The van der Waals surface area contributed by atoms with Crippen molar-refractivity contribution in [2.45, 2.75) is 0 Å². The summed E-state index contributed by atoms with van der Waals surface area (Å²) in [5, 5.41) is 5.70. The summed E-state index contributed by atoms with van der Waals surface area (Å²) in [4.78, 5) is 26.4. The Balaban J connectivity index is 1.62. The Kier molecular flexibility index (Phi) is 3.86. The van der Waals surface area contributed by atoms with Crippen molar-refractivity contribution in [3.05, 3.63) is 72.5 Å². The molecule has 1 saturated heterocycles. The van der Waals surface area contributed by atoms with Crippen molar-refractivity contribution in [3.8, 4) is 11.1 Å². The zero-order valence-corrected chi connectivity index (χ0v) is 15.1. The fourth-order valence-electron chi connectivity index (χ4n) is 3.85. The molecule has 1 aliphatic heterocycles. The summed E-state index contributed by atoms with van der Waals surface area (Å²) >= 11 is 0. The van der Waals surface area contributed by atoms with Crippen LogP contribution < -0.4 is 5.32 Å². The standard InChI is InChI=1S/C23H18N2O3/c26-22-14-25(11-10-24-22)23(27)20-6-2-4-18-17(3-1-5-19(18)20)16-8-7-15-9-12-28-21(15)13-16/h1-9,12-13H,10-11,14H2,(H,24,26). The number of piperazine rings is 1. The molecule has 0 bridgehead atoms. The summed E-state index contributed by atoms with van der Waals surface area (Å²) in [5.41, 5.74) is 3.53. The fraction of sp³-hybridized carbons (Fsp3) is 0.130. The normalized spacial score (nSPS) is 14.4. The van der Waals surface area contributed by atoms with Crippen LogP contribution in [0, 0.1) is 0 Å². The molecule has 2 amide bonds. The van der Waals surface area contributed by atoms with E-state index in [9.17, 15) is 9.59 Å². The van der Waals surface area contributed by atoms with E-state index in [1.165, 1.54) is 0 Å². The highest BCUT2D eigenvalue weighted by Crippen LogP contribution is 2.32. The SMILES string of the molecule is O=C1CN(C(=O)c2cccc3c(-c4ccc5ccoc5c4)cccc23)CCN1. The van der Waals surface area contributed by atoms with Crippen molar-refractivity contribution in [2.75, 3.05) is 19.6 Å². The third-order valence-electron chi connectivity index (χ3n) is 5.25. The van der Waals surface area contributed by atoms with Crippen molar-refractivity contribution in [3.63, 3.8) is 0 Å². The van der Waals surface area contributed by atoms with E-state index in [-0.39, 0.29) is 18.4 Å². The zero-order chi connectivity index (χ0) is 19.1. The second-order valence-corrected chi connectivity index (χ2v) is 6.96. The lowest BCUT2D eigenvalue weighted by atomic mass is 9.95. The number of carbonyl (C=O) groups is 2. The van der Waals surface area contributed by atoms with Crippen LogP contribution in [0.25, 0.3) is 32.9 Å². The topological polar surface area (TPSA) is 62.6 Å². The molecule has 2 heterocycles. The van der Waals surface area contributed by atoms with E-state index in [0.29, 0.717) is 18.7 Å². The summed E-state index contributed by atoms with van der Waals surface area (Å²) in [7, 11) is 0. The summed E-state index contributed by atoms with van der Waals surface area (Å²) in [6, 6.07) is 19.8. The van der Waals surface area contributed by atoms with Gasteiger partial charge in [0.15, 0.2) is 0 Å². The van der Waals surface area contributed by atoms with Crippen molar-refractivity contribution in [1.29, 1.82) is 0 Å². The van der Waals surface area contributed by atoms with Gasteiger partial charge in [0.2, 0.25) is 5.91 Å². The monoisotopic (exact) mass is 370 g/mol. The molecule has 1 N–H and O–H groups in total. The molecule has 138 valence electrons. The second kappa shape index (κ2) is 6.53. The first-order valence-electron chi connectivity index (χ1n) is 9.26. The molecule has 3 aromatic carbocycles. The van der Waals surface area contributed by atoms with Crippen molar-refractivity contribution < 1.29 is 14.0 Å². The third kappa shape index (κ3) is 2.72. The van der Waals surface area contributed by atoms with Gasteiger partial charge in [0.05, 0.1) is 12.8 Å². The molecule has 4 aromatic rings. The van der Waals surface area contributed by atoms with Crippen LogP contribution in [0.1, 0.15) is 10.4 Å². The van der Waals surface area contributed by atoms with Gasteiger partial charge in [0, 0.05) is 24.0 Å². The Hall–Kier alpha value is -3.60. The Morgan fingerprint density at radius 2 is 1.86 bits per heavy atom. The summed E-state index contributed by atoms with van der Waals surface area (Å²) < 4.78 is 5.54. The smallest absolute Gasteiger partial charge is 0.255 e. The highest BCUT2D eigenvalue weighted by molar-refractivity contribution is 6.11. The highest BCUT2D eigenvalue weighted by Gasteiger charge is 2.23. The molecule has 1 fully saturated rings. The van der Waals surface area contributed by atoms with Crippen LogP contribution in [0.2, 0.25) is 0 Å². The molecule has 0 aliphatic carbocycles. The maximum absolute atomic E-state index is 13.1. The van der Waals surface area contributed by atoms with E-state index in [4.69, 9.17) is 4.42 Å². The molecule has 5 rings (SSSR count). The summed E-state index contributed by atoms with van der Waals surface area (Å²) in [5.74, 6) is -0.230. The molecular weight excluding hydrogens is 352 g/mol. The van der Waals surface area contributed by atoms with Gasteiger partial charge in [-0.2, -0.15) is 0 Å². The number of hydrogen-bond acceptors (Lipinski definition) is 3. The molecule has 1 aliphatic rings. The number of furan rings is 1. The minimum atomic E-state index is -0.118. The van der Waals surface area contributed by atoms with E-state index in [0.717, 1.165) is 32.9 Å². The van der Waals surface area contributed by atoms with Gasteiger partial charge in [0.25, 0.3) is 5.91 Å². The lowest BCUT2D eigenvalue weighted by molar-refractivity contribution is -0.123. The quantitative estimate of drug-likeness (QED) is 0.583. The average molecular weight is 370 g/mol. The van der Waals surface area contributed by atoms with Crippen LogP contribution in [0.3, 0.4) is 0 Å². The van der Waals surface area contributed by atoms with Gasteiger partial charge in [-0.3, -0.25) is 9.59 Å². The van der Waals surface area contributed by atoms with Gasteiger partial charge in [0.1, 0.15) is 5.58 Å². The number of carbonyl (C=O) groups excluding carboxylic acids is 2. The van der Waals surface area contributed by atoms with Crippen LogP contribution in [0.15, 0.2) is 71.3 Å². The maximum Gasteiger partial charge on any atom is 0.255 e.